The van der Waals surface area contributed by atoms with Gasteiger partial charge in [0, 0.05) is 58.9 Å². The topological polar surface area (TPSA) is 146 Å². The zero-order valence-corrected chi connectivity index (χ0v) is 18.5. The molecule has 0 aliphatic carbocycles. The van der Waals surface area contributed by atoms with Crippen molar-refractivity contribution in [2.24, 2.45) is 5.10 Å². The number of fused-ring (bicyclic) bond motifs is 2. The maximum absolute atomic E-state index is 12.5. The fraction of sp³-hybridized carbons (Fsp3) is 0.0400. The standard InChI is InChI=1S/C25H17N5O6/c31-25(24-12-17-11-20(30(34)35)9-10-23(17)36-24)27-26-13-18-15-28(22-4-2-1-3-21(18)22)14-16-5-7-19(8-6-16)29(32)33/h1-13,15H,14H2,(H,27,31)/b26-13-. The number of nitrogens with zero attached hydrogens (tertiary/aromatic N) is 4. The number of nitrogens with one attached hydrogen (secondary N) is 1. The van der Waals surface area contributed by atoms with Gasteiger partial charge in [-0.3, -0.25) is 25.0 Å². The highest BCUT2D eigenvalue weighted by atomic mass is 16.6. The van der Waals surface area contributed by atoms with E-state index in [1.165, 1.54) is 42.6 Å². The second kappa shape index (κ2) is 9.14. The molecule has 36 heavy (non-hydrogen) atoms. The Kier molecular flexibility index (Phi) is 5.71. The van der Waals surface area contributed by atoms with Crippen molar-refractivity contribution in [1.29, 1.82) is 0 Å². The van der Waals surface area contributed by atoms with Gasteiger partial charge in [0.25, 0.3) is 11.4 Å². The Hall–Kier alpha value is -5.32. The van der Waals surface area contributed by atoms with E-state index in [0.29, 0.717) is 17.5 Å². The van der Waals surface area contributed by atoms with Crippen LogP contribution in [0.2, 0.25) is 0 Å². The molecule has 0 atom stereocenters. The Labute approximate surface area is 202 Å². The average molecular weight is 483 g/mol. The Morgan fingerprint density at radius 3 is 2.44 bits per heavy atom. The molecular formula is C25H17N5O6. The molecule has 0 fully saturated rings. The summed E-state index contributed by atoms with van der Waals surface area (Å²) in [6.45, 7) is 0.490. The van der Waals surface area contributed by atoms with Gasteiger partial charge in [-0.05, 0) is 23.8 Å². The maximum Gasteiger partial charge on any atom is 0.307 e. The molecule has 2 aromatic heterocycles. The highest BCUT2D eigenvalue weighted by Crippen LogP contribution is 2.25. The van der Waals surface area contributed by atoms with Crippen molar-refractivity contribution in [1.82, 2.24) is 9.99 Å². The van der Waals surface area contributed by atoms with E-state index in [1.807, 2.05) is 35.0 Å². The highest BCUT2D eigenvalue weighted by Gasteiger charge is 2.15. The molecule has 2 heterocycles. The third kappa shape index (κ3) is 4.40. The predicted octanol–water partition coefficient (Wildman–Crippen LogP) is 5.02. The summed E-state index contributed by atoms with van der Waals surface area (Å²) in [6.07, 6.45) is 3.39. The molecule has 0 saturated heterocycles. The molecular weight excluding hydrogens is 466 g/mol. The van der Waals surface area contributed by atoms with Gasteiger partial charge < -0.3 is 8.98 Å². The summed E-state index contributed by atoms with van der Waals surface area (Å²) in [5.74, 6) is -0.622. The Morgan fingerprint density at radius 1 is 0.972 bits per heavy atom. The first-order valence-electron chi connectivity index (χ1n) is 10.7. The summed E-state index contributed by atoms with van der Waals surface area (Å²) < 4.78 is 7.47. The van der Waals surface area contributed by atoms with Crippen LogP contribution in [0, 0.1) is 20.2 Å². The fourth-order valence-electron chi connectivity index (χ4n) is 3.90. The number of furan rings is 1. The Balaban J connectivity index is 1.35. The van der Waals surface area contributed by atoms with Crippen LogP contribution in [0.3, 0.4) is 0 Å². The van der Waals surface area contributed by atoms with E-state index in [0.717, 1.165) is 22.0 Å². The van der Waals surface area contributed by atoms with Gasteiger partial charge >= 0.3 is 5.91 Å². The van der Waals surface area contributed by atoms with Crippen molar-refractivity contribution in [3.63, 3.8) is 0 Å². The van der Waals surface area contributed by atoms with Crippen molar-refractivity contribution in [3.05, 3.63) is 116 Å². The molecule has 0 spiro atoms. The second-order valence-corrected chi connectivity index (χ2v) is 7.94. The summed E-state index contributed by atoms with van der Waals surface area (Å²) in [5.41, 5.74) is 5.28. The number of nitro groups is 2. The number of hydrogen-bond acceptors (Lipinski definition) is 7. The molecule has 0 aliphatic heterocycles. The molecule has 11 nitrogen and oxygen atoms in total. The van der Waals surface area contributed by atoms with Gasteiger partial charge in [-0.15, -0.1) is 0 Å². The third-order valence-electron chi connectivity index (χ3n) is 5.62. The van der Waals surface area contributed by atoms with E-state index in [4.69, 9.17) is 4.42 Å². The molecule has 3 aromatic carbocycles. The van der Waals surface area contributed by atoms with E-state index >= 15 is 0 Å². The lowest BCUT2D eigenvalue weighted by atomic mass is 10.2. The van der Waals surface area contributed by atoms with Crippen LogP contribution < -0.4 is 5.43 Å². The van der Waals surface area contributed by atoms with Crippen molar-refractivity contribution >= 4 is 45.4 Å². The summed E-state index contributed by atoms with van der Waals surface area (Å²) in [6, 6.07) is 19.5. The summed E-state index contributed by atoms with van der Waals surface area (Å²) in [4.78, 5) is 33.4. The van der Waals surface area contributed by atoms with Crippen LogP contribution in [0.25, 0.3) is 21.9 Å². The van der Waals surface area contributed by atoms with Crippen LogP contribution in [-0.4, -0.2) is 26.5 Å². The molecule has 0 aliphatic rings. The van der Waals surface area contributed by atoms with Crippen molar-refractivity contribution < 1.29 is 19.1 Å². The molecule has 5 rings (SSSR count). The Morgan fingerprint density at radius 2 is 1.69 bits per heavy atom. The largest absolute Gasteiger partial charge is 0.451 e. The number of carbonyl (C=O) groups excluding carboxylic acids is 1. The Bertz CT molecular complexity index is 1670. The summed E-state index contributed by atoms with van der Waals surface area (Å²) in [5, 5.41) is 27.2. The number of hydrazone groups is 1. The first-order chi connectivity index (χ1) is 17.4. The van der Waals surface area contributed by atoms with Crippen molar-refractivity contribution in [2.45, 2.75) is 6.54 Å². The maximum atomic E-state index is 12.5. The first-order valence-corrected chi connectivity index (χ1v) is 10.7. The molecule has 0 unspecified atom stereocenters. The smallest absolute Gasteiger partial charge is 0.307 e. The lowest BCUT2D eigenvalue weighted by Gasteiger charge is -2.05. The van der Waals surface area contributed by atoms with Crippen LogP contribution in [0.4, 0.5) is 11.4 Å². The molecule has 1 N–H and O–H groups in total. The van der Waals surface area contributed by atoms with Gasteiger partial charge in [-0.2, -0.15) is 5.10 Å². The van der Waals surface area contributed by atoms with Crippen LogP contribution >= 0.6 is 0 Å². The summed E-state index contributed by atoms with van der Waals surface area (Å²) >= 11 is 0. The van der Waals surface area contributed by atoms with E-state index in [9.17, 15) is 25.0 Å². The van der Waals surface area contributed by atoms with Gasteiger partial charge in [0.1, 0.15) is 5.58 Å². The van der Waals surface area contributed by atoms with Crippen molar-refractivity contribution in [3.8, 4) is 0 Å². The number of aromatic nitrogens is 1. The number of non-ortho nitro benzene ring substituents is 2. The molecule has 0 radical (unpaired) electrons. The predicted molar refractivity (Wildman–Crippen MR) is 132 cm³/mol. The number of nitro benzene ring substituents is 2. The summed E-state index contributed by atoms with van der Waals surface area (Å²) in [7, 11) is 0. The average Bonchev–Trinajstić information content (AvgIpc) is 3.46. The number of hydrogen-bond donors (Lipinski definition) is 1. The lowest BCUT2D eigenvalue weighted by molar-refractivity contribution is -0.385. The highest BCUT2D eigenvalue weighted by molar-refractivity contribution is 6.01. The van der Waals surface area contributed by atoms with Crippen molar-refractivity contribution in [2.75, 3.05) is 0 Å². The molecule has 11 heteroatoms. The van der Waals surface area contributed by atoms with Gasteiger partial charge in [-0.25, -0.2) is 5.43 Å². The third-order valence-corrected chi connectivity index (χ3v) is 5.62. The zero-order chi connectivity index (χ0) is 25.2. The van der Waals surface area contributed by atoms with E-state index in [2.05, 4.69) is 10.5 Å². The number of carbonyl (C=O) groups is 1. The fourth-order valence-corrected chi connectivity index (χ4v) is 3.90. The minimum absolute atomic E-state index is 0.0248. The number of benzene rings is 3. The minimum atomic E-state index is -0.597. The molecule has 5 aromatic rings. The quantitative estimate of drug-likeness (QED) is 0.195. The first kappa shape index (κ1) is 22.5. The van der Waals surface area contributed by atoms with Gasteiger partial charge in [0.05, 0.1) is 16.1 Å². The van der Waals surface area contributed by atoms with E-state index in [1.54, 1.807) is 12.1 Å². The minimum Gasteiger partial charge on any atom is -0.451 e. The van der Waals surface area contributed by atoms with Crippen LogP contribution in [0.5, 0.6) is 0 Å². The second-order valence-electron chi connectivity index (χ2n) is 7.94. The van der Waals surface area contributed by atoms with Gasteiger partial charge in [-0.1, -0.05) is 30.3 Å². The van der Waals surface area contributed by atoms with Crippen LogP contribution in [0.1, 0.15) is 21.7 Å². The molecule has 0 bridgehead atoms. The molecule has 178 valence electrons. The number of amides is 1. The van der Waals surface area contributed by atoms with Gasteiger partial charge in [0.2, 0.25) is 0 Å². The monoisotopic (exact) mass is 483 g/mol. The van der Waals surface area contributed by atoms with E-state index < -0.39 is 15.8 Å². The zero-order valence-electron chi connectivity index (χ0n) is 18.5. The SMILES string of the molecule is O=C(N/N=C\c1cn(Cc2ccc([N+](=O)[O-])cc2)c2ccccc12)c1cc2cc([N+](=O)[O-])ccc2o1. The van der Waals surface area contributed by atoms with Crippen LogP contribution in [0.15, 0.2) is 88.5 Å². The van der Waals surface area contributed by atoms with E-state index in [-0.39, 0.29) is 17.1 Å². The molecule has 0 saturated carbocycles. The number of para-hydroxylation sites is 1. The number of rotatable bonds is 7. The van der Waals surface area contributed by atoms with Gasteiger partial charge in [0.15, 0.2) is 5.76 Å². The normalized spacial score (nSPS) is 11.3. The molecule has 1 amide bonds. The lowest BCUT2D eigenvalue weighted by Crippen LogP contribution is -2.16. The van der Waals surface area contributed by atoms with Crippen LogP contribution in [-0.2, 0) is 6.54 Å².